The molecule has 4 N–H and O–H groups in total. The van der Waals surface area contributed by atoms with E-state index in [1.54, 1.807) is 0 Å². The van der Waals surface area contributed by atoms with Crippen molar-refractivity contribution in [1.82, 2.24) is 0 Å². The highest BCUT2D eigenvalue weighted by Gasteiger charge is 1.63. The molecule has 0 fully saturated rings. The van der Waals surface area contributed by atoms with E-state index in [-0.39, 0.29) is 5.12 Å². The molecule has 0 spiro atoms. The number of thiol groups is 1. The molecule has 0 bridgehead atoms. The Labute approximate surface area is 42.1 Å². The second-order valence-electron chi connectivity index (χ2n) is 0.519. The van der Waals surface area contributed by atoms with E-state index >= 15 is 0 Å². The first-order valence-electron chi connectivity index (χ1n) is 1.26. The predicted molar refractivity (Wildman–Crippen MR) is 28.0 cm³/mol. The number of rotatable bonds is 0. The van der Waals surface area contributed by atoms with Crippen LogP contribution in [-0.2, 0) is 4.79 Å². The van der Waals surface area contributed by atoms with Crippen LogP contribution in [0, 0.1) is 0 Å². The highest BCUT2D eigenvalue weighted by Crippen LogP contribution is 1.66. The molecule has 0 aromatic heterocycles. The van der Waals surface area contributed by atoms with Gasteiger partial charge in [0.15, 0.2) is 5.12 Å². The molecule has 6 heavy (non-hydrogen) atoms. The third-order valence-corrected chi connectivity index (χ3v) is 0. The minimum absolute atomic E-state index is 0.139. The van der Waals surface area contributed by atoms with E-state index in [2.05, 4.69) is 24.3 Å². The van der Waals surface area contributed by atoms with Crippen molar-refractivity contribution in [2.75, 3.05) is 0 Å². The summed E-state index contributed by atoms with van der Waals surface area (Å²) < 4.78 is 0. The van der Waals surface area contributed by atoms with Gasteiger partial charge in [-0.15, -0.1) is 12.6 Å². The second kappa shape index (κ2) is 8.87. The molecular formula is C2H8N2OS. The highest BCUT2D eigenvalue weighted by atomic mass is 32.1. The number of hydrogen-bond donors (Lipinski definition) is 3. The first-order chi connectivity index (χ1) is 2.73. The largest absolute Gasteiger partial charge is 0.288 e. The third-order valence-electron chi connectivity index (χ3n) is 0. The van der Waals surface area contributed by atoms with Gasteiger partial charge in [-0.3, -0.25) is 16.5 Å². The Bertz CT molecular complexity index is 34.5. The minimum atomic E-state index is -0.139. The molecule has 0 aromatic rings. The van der Waals surface area contributed by atoms with Crippen LogP contribution < -0.4 is 11.7 Å². The zero-order valence-electron chi connectivity index (χ0n) is 3.51. The zero-order valence-corrected chi connectivity index (χ0v) is 4.40. The zero-order chi connectivity index (χ0) is 5.58. The van der Waals surface area contributed by atoms with Gasteiger partial charge in [-0.1, -0.05) is 0 Å². The molecular weight excluding hydrogens is 100 g/mol. The molecule has 0 amide bonds. The van der Waals surface area contributed by atoms with Crippen molar-refractivity contribution in [2.24, 2.45) is 11.7 Å². The van der Waals surface area contributed by atoms with Gasteiger partial charge in [0.2, 0.25) is 0 Å². The summed E-state index contributed by atoms with van der Waals surface area (Å²) in [5, 5.41) is -0.139. The number of hydrogen-bond acceptors (Lipinski definition) is 3. The van der Waals surface area contributed by atoms with Gasteiger partial charge >= 0.3 is 0 Å². The number of carbonyl (C=O) groups is 1. The molecule has 0 radical (unpaired) electrons. The summed E-state index contributed by atoms with van der Waals surface area (Å²) in [4.78, 5) is 9.31. The number of nitrogens with two attached hydrogens (primary N) is 2. The number of hydrazine groups is 1. The van der Waals surface area contributed by atoms with Gasteiger partial charge in [-0.05, 0) is 0 Å². The maximum Gasteiger partial charge on any atom is 0.182 e. The lowest BCUT2D eigenvalue weighted by atomic mass is 10.9. The van der Waals surface area contributed by atoms with Crippen molar-refractivity contribution in [3.05, 3.63) is 0 Å². The van der Waals surface area contributed by atoms with E-state index in [0.717, 1.165) is 0 Å². The smallest absolute Gasteiger partial charge is 0.182 e. The highest BCUT2D eigenvalue weighted by molar-refractivity contribution is 7.96. The van der Waals surface area contributed by atoms with Crippen molar-refractivity contribution in [2.45, 2.75) is 6.92 Å². The van der Waals surface area contributed by atoms with Gasteiger partial charge in [-0.2, -0.15) is 0 Å². The van der Waals surface area contributed by atoms with E-state index in [4.69, 9.17) is 0 Å². The summed E-state index contributed by atoms with van der Waals surface area (Å²) in [6, 6.07) is 0. The van der Waals surface area contributed by atoms with Crippen molar-refractivity contribution < 1.29 is 4.79 Å². The van der Waals surface area contributed by atoms with E-state index in [0.29, 0.717) is 0 Å². The summed E-state index contributed by atoms with van der Waals surface area (Å²) in [6.45, 7) is 1.39. The molecule has 0 aliphatic heterocycles. The summed E-state index contributed by atoms with van der Waals surface area (Å²) in [5.41, 5.74) is 0. The monoisotopic (exact) mass is 108 g/mol. The SMILES string of the molecule is CC(=O)S.NN. The average Bonchev–Trinajstić information content (AvgIpc) is 1.41. The Morgan fingerprint density at radius 2 is 1.67 bits per heavy atom. The summed E-state index contributed by atoms with van der Waals surface area (Å²) >= 11 is 3.33. The molecule has 0 heterocycles. The van der Waals surface area contributed by atoms with Gasteiger partial charge in [0.05, 0.1) is 0 Å². The quantitative estimate of drug-likeness (QED) is 0.218. The Morgan fingerprint density at radius 1 is 1.67 bits per heavy atom. The lowest BCUT2D eigenvalue weighted by Gasteiger charge is -1.55. The Morgan fingerprint density at radius 3 is 1.67 bits per heavy atom. The molecule has 0 saturated heterocycles. The van der Waals surface area contributed by atoms with Crippen LogP contribution >= 0.6 is 12.6 Å². The van der Waals surface area contributed by atoms with Crippen LogP contribution in [0.1, 0.15) is 6.92 Å². The lowest BCUT2D eigenvalue weighted by Crippen LogP contribution is -2.02. The standard InChI is InChI=1S/C2H4OS.H4N2/c1-2(3)4;1-2/h1H3,(H,3,4);1-2H2. The van der Waals surface area contributed by atoms with Crippen molar-refractivity contribution in [1.29, 1.82) is 0 Å². The van der Waals surface area contributed by atoms with Crippen molar-refractivity contribution in [3.8, 4) is 0 Å². The summed E-state index contributed by atoms with van der Waals surface area (Å²) in [7, 11) is 0. The van der Waals surface area contributed by atoms with Gasteiger partial charge < -0.3 is 0 Å². The van der Waals surface area contributed by atoms with E-state index in [1.807, 2.05) is 0 Å². The number of carbonyl (C=O) groups excluding carboxylic acids is 1. The van der Waals surface area contributed by atoms with Crippen LogP contribution in [-0.4, -0.2) is 5.12 Å². The fourth-order valence-electron chi connectivity index (χ4n) is 0. The van der Waals surface area contributed by atoms with Gasteiger partial charge in [-0.25, -0.2) is 0 Å². The van der Waals surface area contributed by atoms with Crippen LogP contribution in [0.15, 0.2) is 0 Å². The maximum absolute atomic E-state index is 9.31. The molecule has 0 saturated carbocycles. The molecule has 0 unspecified atom stereocenters. The molecule has 3 nitrogen and oxygen atoms in total. The lowest BCUT2D eigenvalue weighted by molar-refractivity contribution is -0.108. The predicted octanol–water partition coefficient (Wildman–Crippen LogP) is -0.719. The van der Waals surface area contributed by atoms with Crippen molar-refractivity contribution in [3.63, 3.8) is 0 Å². The molecule has 0 aromatic carbocycles. The first kappa shape index (κ1) is 9.34. The molecule has 0 aliphatic carbocycles. The third kappa shape index (κ3) is 9460. The fourth-order valence-corrected chi connectivity index (χ4v) is 0. The Kier molecular flexibility index (Phi) is 13.8. The van der Waals surface area contributed by atoms with E-state index < -0.39 is 0 Å². The average molecular weight is 108 g/mol. The second-order valence-corrected chi connectivity index (χ2v) is 1.15. The summed E-state index contributed by atoms with van der Waals surface area (Å²) in [5.74, 6) is 8.00. The Hall–Kier alpha value is -0.0600. The van der Waals surface area contributed by atoms with Crippen LogP contribution in [0.5, 0.6) is 0 Å². The van der Waals surface area contributed by atoms with Crippen LogP contribution in [0.25, 0.3) is 0 Å². The molecule has 4 heteroatoms. The van der Waals surface area contributed by atoms with Gasteiger partial charge in [0, 0.05) is 6.92 Å². The van der Waals surface area contributed by atoms with Gasteiger partial charge in [0.1, 0.15) is 0 Å². The molecule has 0 aliphatic rings. The maximum atomic E-state index is 9.31. The van der Waals surface area contributed by atoms with Crippen LogP contribution in [0.3, 0.4) is 0 Å². The van der Waals surface area contributed by atoms with Gasteiger partial charge in [0.25, 0.3) is 0 Å². The van der Waals surface area contributed by atoms with E-state index in [9.17, 15) is 4.79 Å². The Balaban J connectivity index is 0. The van der Waals surface area contributed by atoms with E-state index in [1.165, 1.54) is 6.92 Å². The van der Waals surface area contributed by atoms with Crippen molar-refractivity contribution >= 4 is 17.7 Å². The molecule has 38 valence electrons. The van der Waals surface area contributed by atoms with Crippen LogP contribution in [0.2, 0.25) is 0 Å². The normalized spacial score (nSPS) is 5.33. The summed E-state index contributed by atoms with van der Waals surface area (Å²) in [6.07, 6.45) is 0. The van der Waals surface area contributed by atoms with Crippen LogP contribution in [0.4, 0.5) is 0 Å². The fraction of sp³-hybridized carbons (Fsp3) is 0.500. The first-order valence-corrected chi connectivity index (χ1v) is 1.71. The molecule has 0 rings (SSSR count). The topological polar surface area (TPSA) is 69.1 Å². The minimum Gasteiger partial charge on any atom is -0.288 e. The molecule has 0 atom stereocenters.